The number of halogens is 4. The molecule has 0 fully saturated rings. The molecule has 0 unspecified atom stereocenters. The Bertz CT molecular complexity index is 392. The maximum Gasteiger partial charge on any atom is 0.573 e. The first kappa shape index (κ1) is 12.1. The summed E-state index contributed by atoms with van der Waals surface area (Å²) >= 11 is 1.80. The molecule has 0 radical (unpaired) electrons. The maximum absolute atomic E-state index is 11.9. The second-order valence-electron chi connectivity index (χ2n) is 2.55. The molecule has 1 aromatic carbocycles. The van der Waals surface area contributed by atoms with Crippen molar-refractivity contribution in [3.63, 3.8) is 0 Å². The molecule has 82 valence electrons. The molecule has 15 heavy (non-hydrogen) atoms. The molecule has 0 saturated carbocycles. The summed E-state index contributed by atoms with van der Waals surface area (Å²) in [5, 5.41) is 0. The number of carbonyl (C=O) groups excluding carboxylic acids is 1. The van der Waals surface area contributed by atoms with Gasteiger partial charge < -0.3 is 10.5 Å². The highest BCUT2D eigenvalue weighted by atomic mass is 127. The highest BCUT2D eigenvalue weighted by molar-refractivity contribution is 14.1. The first-order chi connectivity index (χ1) is 6.79. The Labute approximate surface area is 96.5 Å². The van der Waals surface area contributed by atoms with E-state index in [1.165, 1.54) is 12.1 Å². The fourth-order valence-corrected chi connectivity index (χ4v) is 1.37. The number of benzene rings is 1. The summed E-state index contributed by atoms with van der Waals surface area (Å²) in [6, 6.07) is 3.74. The average Bonchev–Trinajstić information content (AvgIpc) is 1.99. The van der Waals surface area contributed by atoms with E-state index in [1.807, 2.05) is 0 Å². The van der Waals surface area contributed by atoms with Gasteiger partial charge in [0, 0.05) is 3.57 Å². The molecule has 0 atom stereocenters. The van der Waals surface area contributed by atoms with Crippen molar-refractivity contribution >= 4 is 28.5 Å². The number of hydrogen-bond donors (Lipinski definition) is 1. The molecule has 0 aromatic heterocycles. The van der Waals surface area contributed by atoms with Crippen molar-refractivity contribution in [3.05, 3.63) is 27.3 Å². The molecule has 2 N–H and O–H groups in total. The van der Waals surface area contributed by atoms with Crippen LogP contribution >= 0.6 is 22.6 Å². The monoisotopic (exact) mass is 331 g/mol. The van der Waals surface area contributed by atoms with Crippen LogP contribution in [-0.4, -0.2) is 12.3 Å². The number of primary amides is 1. The quantitative estimate of drug-likeness (QED) is 0.846. The lowest BCUT2D eigenvalue weighted by molar-refractivity contribution is -0.274. The summed E-state index contributed by atoms with van der Waals surface area (Å²) in [5.74, 6) is -1.55. The molecule has 0 aliphatic rings. The second kappa shape index (κ2) is 4.25. The van der Waals surface area contributed by atoms with E-state index in [9.17, 15) is 18.0 Å². The minimum atomic E-state index is -4.84. The standard InChI is InChI=1S/C8H5F3INO2/c9-8(10,11)15-6-3-4(12)1-2-5(6)7(13)14/h1-3H,(H2,13,14). The van der Waals surface area contributed by atoms with Crippen molar-refractivity contribution in [2.75, 3.05) is 0 Å². The van der Waals surface area contributed by atoms with Crippen LogP contribution in [0.2, 0.25) is 0 Å². The van der Waals surface area contributed by atoms with E-state index in [0.29, 0.717) is 3.57 Å². The van der Waals surface area contributed by atoms with Crippen LogP contribution in [0.3, 0.4) is 0 Å². The molecule has 7 heteroatoms. The summed E-state index contributed by atoms with van der Waals surface area (Å²) in [7, 11) is 0. The third-order valence-corrected chi connectivity index (χ3v) is 2.11. The van der Waals surface area contributed by atoms with Gasteiger partial charge in [-0.3, -0.25) is 4.79 Å². The van der Waals surface area contributed by atoms with E-state index in [-0.39, 0.29) is 5.56 Å². The predicted octanol–water partition coefficient (Wildman–Crippen LogP) is 2.29. The molecular formula is C8H5F3INO2. The lowest BCUT2D eigenvalue weighted by Gasteiger charge is -2.11. The molecule has 0 spiro atoms. The fourth-order valence-electron chi connectivity index (χ4n) is 0.909. The molecule has 0 heterocycles. The lowest BCUT2D eigenvalue weighted by Crippen LogP contribution is -2.21. The van der Waals surface area contributed by atoms with Gasteiger partial charge >= 0.3 is 6.36 Å². The zero-order chi connectivity index (χ0) is 11.6. The minimum absolute atomic E-state index is 0.298. The third kappa shape index (κ3) is 3.57. The molecule has 1 aromatic rings. The minimum Gasteiger partial charge on any atom is -0.405 e. The number of amides is 1. The molecule has 1 amide bonds. The number of carbonyl (C=O) groups is 1. The van der Waals surface area contributed by atoms with Crippen LogP contribution < -0.4 is 10.5 Å². The Hall–Kier alpha value is -0.990. The van der Waals surface area contributed by atoms with E-state index in [2.05, 4.69) is 4.74 Å². The Morgan fingerprint density at radius 3 is 2.47 bits per heavy atom. The SMILES string of the molecule is NC(=O)c1ccc(I)cc1OC(F)(F)F. The van der Waals surface area contributed by atoms with Crippen LogP contribution in [0.4, 0.5) is 13.2 Å². The Morgan fingerprint density at radius 1 is 1.40 bits per heavy atom. The van der Waals surface area contributed by atoms with Crippen LogP contribution in [-0.2, 0) is 0 Å². The van der Waals surface area contributed by atoms with Crippen molar-refractivity contribution in [1.82, 2.24) is 0 Å². The van der Waals surface area contributed by atoms with Crippen LogP contribution in [0.1, 0.15) is 10.4 Å². The smallest absolute Gasteiger partial charge is 0.405 e. The molecular weight excluding hydrogens is 326 g/mol. The lowest BCUT2D eigenvalue weighted by atomic mass is 10.2. The van der Waals surface area contributed by atoms with E-state index >= 15 is 0 Å². The van der Waals surface area contributed by atoms with Gasteiger partial charge in [0.15, 0.2) is 0 Å². The van der Waals surface area contributed by atoms with E-state index in [4.69, 9.17) is 5.73 Å². The van der Waals surface area contributed by atoms with Crippen LogP contribution in [0.15, 0.2) is 18.2 Å². The molecule has 3 nitrogen and oxygen atoms in total. The van der Waals surface area contributed by atoms with E-state index in [0.717, 1.165) is 6.07 Å². The van der Waals surface area contributed by atoms with Gasteiger partial charge in [-0.15, -0.1) is 13.2 Å². The average molecular weight is 331 g/mol. The number of rotatable bonds is 2. The normalized spacial score (nSPS) is 11.2. The second-order valence-corrected chi connectivity index (χ2v) is 3.80. The topological polar surface area (TPSA) is 52.3 Å². The summed E-state index contributed by atoms with van der Waals surface area (Å²) in [4.78, 5) is 10.8. The first-order valence-electron chi connectivity index (χ1n) is 3.65. The van der Waals surface area contributed by atoms with Crippen molar-refractivity contribution in [2.45, 2.75) is 6.36 Å². The van der Waals surface area contributed by atoms with E-state index < -0.39 is 18.0 Å². The summed E-state index contributed by atoms with van der Waals surface area (Å²) in [6.45, 7) is 0. The number of alkyl halides is 3. The fraction of sp³-hybridized carbons (Fsp3) is 0.125. The van der Waals surface area contributed by atoms with Gasteiger partial charge in [0.05, 0.1) is 5.56 Å². The molecule has 0 saturated heterocycles. The number of hydrogen-bond acceptors (Lipinski definition) is 2. The van der Waals surface area contributed by atoms with Crippen molar-refractivity contribution in [3.8, 4) is 5.75 Å². The van der Waals surface area contributed by atoms with Crippen LogP contribution in [0.5, 0.6) is 5.75 Å². The summed E-state index contributed by atoms with van der Waals surface area (Å²) in [5.41, 5.74) is 4.60. The van der Waals surface area contributed by atoms with Gasteiger partial charge in [-0.05, 0) is 40.8 Å². The predicted molar refractivity (Wildman–Crippen MR) is 54.4 cm³/mol. The van der Waals surface area contributed by atoms with Crippen molar-refractivity contribution in [1.29, 1.82) is 0 Å². The zero-order valence-electron chi connectivity index (χ0n) is 7.14. The van der Waals surface area contributed by atoms with Gasteiger partial charge in [-0.1, -0.05) is 0 Å². The highest BCUT2D eigenvalue weighted by Gasteiger charge is 2.32. The Kier molecular flexibility index (Phi) is 3.42. The van der Waals surface area contributed by atoms with Crippen LogP contribution in [0.25, 0.3) is 0 Å². The van der Waals surface area contributed by atoms with Gasteiger partial charge in [0.1, 0.15) is 5.75 Å². The molecule has 0 bridgehead atoms. The molecule has 1 rings (SSSR count). The van der Waals surface area contributed by atoms with Crippen molar-refractivity contribution in [2.24, 2.45) is 5.73 Å². The van der Waals surface area contributed by atoms with Gasteiger partial charge in [0.25, 0.3) is 5.91 Å². The van der Waals surface area contributed by atoms with E-state index in [1.54, 1.807) is 22.6 Å². The molecule has 0 aliphatic carbocycles. The molecule has 0 aliphatic heterocycles. The largest absolute Gasteiger partial charge is 0.573 e. The zero-order valence-corrected chi connectivity index (χ0v) is 9.30. The third-order valence-electron chi connectivity index (χ3n) is 1.43. The van der Waals surface area contributed by atoms with Crippen molar-refractivity contribution < 1.29 is 22.7 Å². The van der Waals surface area contributed by atoms with Gasteiger partial charge in [0.2, 0.25) is 0 Å². The van der Waals surface area contributed by atoms with Gasteiger partial charge in [-0.25, -0.2) is 0 Å². The maximum atomic E-state index is 11.9. The van der Waals surface area contributed by atoms with Gasteiger partial charge in [-0.2, -0.15) is 0 Å². The highest BCUT2D eigenvalue weighted by Crippen LogP contribution is 2.27. The summed E-state index contributed by atoms with van der Waals surface area (Å²) in [6.07, 6.45) is -4.84. The Morgan fingerprint density at radius 2 is 2.00 bits per heavy atom. The summed E-state index contributed by atoms with van der Waals surface area (Å²) < 4.78 is 40.0. The Balaban J connectivity index is 3.13. The van der Waals surface area contributed by atoms with Crippen LogP contribution in [0, 0.1) is 3.57 Å². The first-order valence-corrected chi connectivity index (χ1v) is 4.72. The number of ether oxygens (including phenoxy) is 1. The number of nitrogens with two attached hydrogens (primary N) is 1.